The molecule has 1 N–H and O–H groups in total. The van der Waals surface area contributed by atoms with Crippen LogP contribution < -0.4 is 11.2 Å². The van der Waals surface area contributed by atoms with Crippen LogP contribution >= 0.6 is 11.8 Å². The number of aliphatic carboxylic acids is 1. The highest BCUT2D eigenvalue weighted by Crippen LogP contribution is 2.34. The molecule has 1 atom stereocenters. The number of nitrogens with zero attached hydrogens (tertiary/aromatic N) is 4. The van der Waals surface area contributed by atoms with E-state index in [9.17, 15) is 19.5 Å². The van der Waals surface area contributed by atoms with E-state index < -0.39 is 22.5 Å². The molecule has 9 heteroatoms. The zero-order valence-corrected chi connectivity index (χ0v) is 15.2. The predicted molar refractivity (Wildman–Crippen MR) is 94.2 cm³/mol. The fourth-order valence-corrected chi connectivity index (χ4v) is 3.99. The smallest absolute Gasteiger partial charge is 0.332 e. The molecule has 1 aliphatic rings. The average Bonchev–Trinajstić information content (AvgIpc) is 3.11. The van der Waals surface area contributed by atoms with Crippen molar-refractivity contribution in [2.24, 2.45) is 14.1 Å². The zero-order valence-electron chi connectivity index (χ0n) is 14.4. The number of rotatable bonds is 4. The lowest BCUT2D eigenvalue weighted by Crippen LogP contribution is -2.38. The van der Waals surface area contributed by atoms with Gasteiger partial charge in [0.25, 0.3) is 5.56 Å². The van der Waals surface area contributed by atoms with Crippen molar-refractivity contribution in [2.45, 2.75) is 48.8 Å². The molecule has 0 unspecified atom stereocenters. The van der Waals surface area contributed by atoms with Crippen LogP contribution in [0.25, 0.3) is 11.0 Å². The second-order valence-electron chi connectivity index (χ2n) is 6.37. The molecule has 1 saturated carbocycles. The van der Waals surface area contributed by atoms with Crippen molar-refractivity contribution in [3.63, 3.8) is 0 Å². The van der Waals surface area contributed by atoms with E-state index in [2.05, 4.69) is 9.97 Å². The van der Waals surface area contributed by atoms with Crippen LogP contribution in [0.1, 0.15) is 44.3 Å². The number of thioether (sulfide) groups is 1. The molecule has 0 aliphatic heterocycles. The Morgan fingerprint density at radius 3 is 2.44 bits per heavy atom. The first kappa shape index (κ1) is 17.7. The summed E-state index contributed by atoms with van der Waals surface area (Å²) in [5.74, 6) is -0.211. The van der Waals surface area contributed by atoms with Crippen LogP contribution in [0.15, 0.2) is 14.6 Å². The fourth-order valence-electron chi connectivity index (χ4n) is 3.11. The van der Waals surface area contributed by atoms with Crippen molar-refractivity contribution in [3.05, 3.63) is 26.7 Å². The highest BCUT2D eigenvalue weighted by atomic mass is 32.2. The summed E-state index contributed by atoms with van der Waals surface area (Å²) in [5, 5.41) is 8.98. The molecule has 134 valence electrons. The van der Waals surface area contributed by atoms with Crippen LogP contribution in [-0.2, 0) is 18.9 Å². The van der Waals surface area contributed by atoms with E-state index in [1.165, 1.54) is 11.6 Å². The van der Waals surface area contributed by atoms with Gasteiger partial charge < -0.3 is 5.11 Å². The largest absolute Gasteiger partial charge is 0.480 e. The first-order chi connectivity index (χ1) is 11.8. The Kier molecular flexibility index (Phi) is 4.68. The Balaban J connectivity index is 2.31. The Morgan fingerprint density at radius 1 is 1.20 bits per heavy atom. The maximum Gasteiger partial charge on any atom is 0.332 e. The minimum absolute atomic E-state index is 0.183. The molecule has 1 aliphatic carbocycles. The first-order valence-electron chi connectivity index (χ1n) is 8.18. The molecule has 1 fully saturated rings. The van der Waals surface area contributed by atoms with E-state index in [1.54, 1.807) is 14.0 Å². The van der Waals surface area contributed by atoms with Gasteiger partial charge >= 0.3 is 11.7 Å². The summed E-state index contributed by atoms with van der Waals surface area (Å²) < 4.78 is 2.32. The molecule has 8 nitrogen and oxygen atoms in total. The average molecular weight is 364 g/mol. The van der Waals surface area contributed by atoms with Crippen LogP contribution in [0.3, 0.4) is 0 Å². The van der Waals surface area contributed by atoms with Gasteiger partial charge in [0.2, 0.25) is 0 Å². The van der Waals surface area contributed by atoms with Gasteiger partial charge in [-0.05, 0) is 19.8 Å². The third kappa shape index (κ3) is 3.08. The number of hydrogen-bond acceptors (Lipinski definition) is 6. The molecular formula is C16H20N4O4S. The number of carbonyl (C=O) groups is 1. The molecule has 25 heavy (non-hydrogen) atoms. The lowest BCUT2D eigenvalue weighted by Gasteiger charge is -2.15. The molecule has 0 aromatic carbocycles. The molecule has 2 heterocycles. The van der Waals surface area contributed by atoms with Crippen molar-refractivity contribution in [2.75, 3.05) is 0 Å². The van der Waals surface area contributed by atoms with Crippen molar-refractivity contribution < 1.29 is 9.90 Å². The van der Waals surface area contributed by atoms with Crippen LogP contribution in [0.5, 0.6) is 0 Å². The SMILES string of the molecule is C[C@@H](Sc1nc(C2CCCC2)nc2c1c(=O)n(C)c(=O)n2C)C(=O)O. The molecule has 2 aromatic rings. The van der Waals surface area contributed by atoms with E-state index in [1.807, 2.05) is 0 Å². The third-order valence-corrected chi connectivity index (χ3v) is 5.71. The molecule has 2 aromatic heterocycles. The van der Waals surface area contributed by atoms with Gasteiger partial charge in [0, 0.05) is 20.0 Å². The van der Waals surface area contributed by atoms with Gasteiger partial charge in [-0.3, -0.25) is 18.7 Å². The fraction of sp³-hybridized carbons (Fsp3) is 0.562. The van der Waals surface area contributed by atoms with E-state index in [0.29, 0.717) is 10.9 Å². The minimum atomic E-state index is -0.985. The number of hydrogen-bond donors (Lipinski definition) is 1. The highest BCUT2D eigenvalue weighted by Gasteiger charge is 2.25. The minimum Gasteiger partial charge on any atom is -0.480 e. The van der Waals surface area contributed by atoms with E-state index in [4.69, 9.17) is 0 Å². The molecule has 0 radical (unpaired) electrons. The number of fused-ring (bicyclic) bond motifs is 1. The van der Waals surface area contributed by atoms with Crippen LogP contribution in [0.4, 0.5) is 0 Å². The number of aromatic nitrogens is 4. The van der Waals surface area contributed by atoms with Crippen molar-refractivity contribution in [3.8, 4) is 0 Å². The predicted octanol–water partition coefficient (Wildman–Crippen LogP) is 1.25. The quantitative estimate of drug-likeness (QED) is 0.642. The van der Waals surface area contributed by atoms with Crippen LogP contribution in [0.2, 0.25) is 0 Å². The van der Waals surface area contributed by atoms with E-state index in [-0.39, 0.29) is 17.0 Å². The molecular weight excluding hydrogens is 344 g/mol. The number of aryl methyl sites for hydroxylation is 1. The van der Waals surface area contributed by atoms with Gasteiger partial charge in [-0.2, -0.15) is 0 Å². The summed E-state index contributed by atoms with van der Waals surface area (Å²) in [5.41, 5.74) is -0.697. The molecule has 0 amide bonds. The maximum atomic E-state index is 12.6. The van der Waals surface area contributed by atoms with Crippen LogP contribution in [-0.4, -0.2) is 35.4 Å². The van der Waals surface area contributed by atoms with Gasteiger partial charge in [-0.25, -0.2) is 14.8 Å². The van der Waals surface area contributed by atoms with Crippen LogP contribution in [0, 0.1) is 0 Å². The first-order valence-corrected chi connectivity index (χ1v) is 9.06. The topological polar surface area (TPSA) is 107 Å². The monoisotopic (exact) mass is 364 g/mol. The Bertz CT molecular complexity index is 959. The van der Waals surface area contributed by atoms with E-state index >= 15 is 0 Å². The normalized spacial score (nSPS) is 16.4. The van der Waals surface area contributed by atoms with Gasteiger partial charge in [-0.15, -0.1) is 0 Å². The van der Waals surface area contributed by atoms with Gasteiger partial charge in [0.15, 0.2) is 5.65 Å². The molecule has 3 rings (SSSR count). The lowest BCUT2D eigenvalue weighted by atomic mass is 10.1. The number of carboxylic acid groups (broad SMARTS) is 1. The summed E-state index contributed by atoms with van der Waals surface area (Å²) in [7, 11) is 2.95. The third-order valence-electron chi connectivity index (χ3n) is 4.64. The summed E-state index contributed by atoms with van der Waals surface area (Å²) >= 11 is 1.01. The van der Waals surface area contributed by atoms with Crippen molar-refractivity contribution in [1.82, 2.24) is 19.1 Å². The summed E-state index contributed by atoms with van der Waals surface area (Å²) in [4.78, 5) is 45.2. The second-order valence-corrected chi connectivity index (χ2v) is 7.70. The molecule has 0 spiro atoms. The Labute approximate surface area is 147 Å². The summed E-state index contributed by atoms with van der Waals surface area (Å²) in [6, 6.07) is 0. The second kappa shape index (κ2) is 6.62. The van der Waals surface area contributed by atoms with Gasteiger partial charge in [0.05, 0.1) is 0 Å². The van der Waals surface area contributed by atoms with E-state index in [0.717, 1.165) is 42.0 Å². The summed E-state index contributed by atoms with van der Waals surface area (Å²) in [6.07, 6.45) is 4.11. The highest BCUT2D eigenvalue weighted by molar-refractivity contribution is 8.00. The maximum absolute atomic E-state index is 12.6. The Morgan fingerprint density at radius 2 is 1.84 bits per heavy atom. The standard InChI is InChI=1S/C16H20N4O4S/c1-8(15(22)23)25-13-10-12(19(2)16(24)20(3)14(10)21)17-11(18-13)9-6-4-5-7-9/h8-9H,4-7H2,1-3H3,(H,22,23)/t8-/m1/s1. The van der Waals surface area contributed by atoms with Gasteiger partial charge in [-0.1, -0.05) is 24.6 Å². The van der Waals surface area contributed by atoms with Crippen molar-refractivity contribution >= 4 is 28.8 Å². The summed E-state index contributed by atoms with van der Waals surface area (Å²) in [6.45, 7) is 1.54. The zero-order chi connectivity index (χ0) is 18.3. The van der Waals surface area contributed by atoms with Crippen molar-refractivity contribution in [1.29, 1.82) is 0 Å². The molecule has 0 bridgehead atoms. The Hall–Kier alpha value is -2.16. The molecule has 0 saturated heterocycles. The lowest BCUT2D eigenvalue weighted by molar-refractivity contribution is -0.136. The number of carboxylic acids is 1. The van der Waals surface area contributed by atoms with Gasteiger partial charge in [0.1, 0.15) is 21.5 Å².